The number of hydrogen-bond donors (Lipinski definition) is 4. The standard InChI is InChI=1S/C10H15N5O5/c1-5-2-3-15(9(19)12-5)8-6(17)7(18)10(4-16,20-8)13-14-11/h2-3,5-8,16-18H,4H2,1H3,(H,12,19)/t5?,6-,7-,8-,10-/m1/s1. The summed E-state index contributed by atoms with van der Waals surface area (Å²) in [7, 11) is 0. The van der Waals surface area contributed by atoms with Gasteiger partial charge in [0.2, 0.25) is 5.72 Å². The first-order valence-electron chi connectivity index (χ1n) is 5.93. The molecule has 0 radical (unpaired) electrons. The van der Waals surface area contributed by atoms with Gasteiger partial charge in [0, 0.05) is 17.2 Å². The minimum Gasteiger partial charge on any atom is -0.393 e. The summed E-state index contributed by atoms with van der Waals surface area (Å²) in [5, 5.41) is 34.9. The van der Waals surface area contributed by atoms with E-state index in [-0.39, 0.29) is 6.04 Å². The van der Waals surface area contributed by atoms with Gasteiger partial charge in [-0.25, -0.2) is 4.79 Å². The summed E-state index contributed by atoms with van der Waals surface area (Å²) in [6.07, 6.45) is -1.42. The summed E-state index contributed by atoms with van der Waals surface area (Å²) in [4.78, 5) is 15.3. The Balaban J connectivity index is 2.29. The Hall–Kier alpha value is -1.84. The van der Waals surface area contributed by atoms with Gasteiger partial charge in [-0.3, -0.25) is 4.90 Å². The second-order valence-electron chi connectivity index (χ2n) is 4.62. The fourth-order valence-corrected chi connectivity index (χ4v) is 2.12. The van der Waals surface area contributed by atoms with E-state index in [4.69, 9.17) is 10.3 Å². The Morgan fingerprint density at radius 1 is 1.65 bits per heavy atom. The van der Waals surface area contributed by atoms with Gasteiger partial charge in [0.15, 0.2) is 6.23 Å². The average molecular weight is 285 g/mol. The van der Waals surface area contributed by atoms with Gasteiger partial charge < -0.3 is 25.4 Å². The molecule has 10 heteroatoms. The van der Waals surface area contributed by atoms with Gasteiger partial charge in [-0.1, -0.05) is 5.11 Å². The zero-order valence-corrected chi connectivity index (χ0v) is 10.6. The highest BCUT2D eigenvalue weighted by molar-refractivity contribution is 5.77. The molecule has 1 unspecified atom stereocenters. The Morgan fingerprint density at radius 2 is 2.35 bits per heavy atom. The van der Waals surface area contributed by atoms with Gasteiger partial charge in [0.05, 0.1) is 6.61 Å². The van der Waals surface area contributed by atoms with E-state index in [1.807, 2.05) is 0 Å². The molecule has 2 rings (SSSR count). The summed E-state index contributed by atoms with van der Waals surface area (Å²) in [6, 6.07) is -0.715. The molecule has 0 aliphatic carbocycles. The van der Waals surface area contributed by atoms with Crippen LogP contribution in [0, 0.1) is 0 Å². The van der Waals surface area contributed by atoms with Gasteiger partial charge in [0.25, 0.3) is 0 Å². The smallest absolute Gasteiger partial charge is 0.324 e. The van der Waals surface area contributed by atoms with Crippen molar-refractivity contribution >= 4 is 6.03 Å². The van der Waals surface area contributed by atoms with Crippen molar-refractivity contribution in [3.05, 3.63) is 22.7 Å². The topological polar surface area (TPSA) is 151 Å². The highest BCUT2D eigenvalue weighted by Gasteiger charge is 2.56. The third-order valence-electron chi connectivity index (χ3n) is 3.24. The number of nitrogens with one attached hydrogen (secondary N) is 1. The molecule has 2 amide bonds. The molecule has 0 aromatic rings. The van der Waals surface area contributed by atoms with Gasteiger partial charge in [-0.05, 0) is 18.5 Å². The number of amides is 2. The average Bonchev–Trinajstić information content (AvgIpc) is 2.65. The van der Waals surface area contributed by atoms with Crippen molar-refractivity contribution in [3.63, 3.8) is 0 Å². The molecule has 10 nitrogen and oxygen atoms in total. The molecule has 2 aliphatic rings. The van der Waals surface area contributed by atoms with Crippen molar-refractivity contribution in [2.75, 3.05) is 6.61 Å². The van der Waals surface area contributed by atoms with Crippen LogP contribution >= 0.6 is 0 Å². The zero-order chi connectivity index (χ0) is 14.9. The maximum Gasteiger partial charge on any atom is 0.324 e. The lowest BCUT2D eigenvalue weighted by atomic mass is 10.1. The number of urea groups is 1. The number of hydrogen-bond acceptors (Lipinski definition) is 6. The summed E-state index contributed by atoms with van der Waals surface area (Å²) in [6.45, 7) is 0.922. The molecule has 0 aromatic heterocycles. The van der Waals surface area contributed by atoms with Crippen LogP contribution in [0.3, 0.4) is 0 Å². The molecule has 1 fully saturated rings. The third kappa shape index (κ3) is 2.19. The van der Waals surface area contributed by atoms with Crippen LogP contribution < -0.4 is 5.32 Å². The number of nitrogens with zero attached hydrogens (tertiary/aromatic N) is 4. The maximum absolute atomic E-state index is 11.8. The van der Waals surface area contributed by atoms with Crippen LogP contribution in [0.15, 0.2) is 17.4 Å². The largest absolute Gasteiger partial charge is 0.393 e. The predicted octanol–water partition coefficient (Wildman–Crippen LogP) is -1.01. The molecule has 4 N–H and O–H groups in total. The van der Waals surface area contributed by atoms with Crippen LogP contribution in [-0.4, -0.2) is 63.1 Å². The van der Waals surface area contributed by atoms with E-state index in [9.17, 15) is 20.1 Å². The number of aliphatic hydroxyl groups excluding tert-OH is 3. The molecule has 0 aromatic carbocycles. The molecular weight excluding hydrogens is 270 g/mol. The predicted molar refractivity (Wildman–Crippen MR) is 64.8 cm³/mol. The molecule has 2 aliphatic heterocycles. The number of rotatable bonds is 3. The van der Waals surface area contributed by atoms with Gasteiger partial charge in [-0.15, -0.1) is 0 Å². The van der Waals surface area contributed by atoms with Crippen molar-refractivity contribution in [2.45, 2.75) is 37.1 Å². The van der Waals surface area contributed by atoms with Gasteiger partial charge in [-0.2, -0.15) is 0 Å². The summed E-state index contributed by atoms with van der Waals surface area (Å²) >= 11 is 0. The van der Waals surface area contributed by atoms with Crippen molar-refractivity contribution < 1.29 is 24.9 Å². The second kappa shape index (κ2) is 5.27. The fourth-order valence-electron chi connectivity index (χ4n) is 2.12. The molecule has 0 bridgehead atoms. The van der Waals surface area contributed by atoms with Crippen LogP contribution in [0.25, 0.3) is 10.4 Å². The van der Waals surface area contributed by atoms with Crippen LogP contribution in [0.5, 0.6) is 0 Å². The number of carbonyl (C=O) groups excluding carboxylic acids is 1. The van der Waals surface area contributed by atoms with E-state index >= 15 is 0 Å². The van der Waals surface area contributed by atoms with Crippen LogP contribution in [0.2, 0.25) is 0 Å². The van der Waals surface area contributed by atoms with E-state index < -0.39 is 36.8 Å². The van der Waals surface area contributed by atoms with Gasteiger partial charge in [0.1, 0.15) is 12.2 Å². The first kappa shape index (κ1) is 14.6. The zero-order valence-electron chi connectivity index (χ0n) is 10.6. The second-order valence-corrected chi connectivity index (χ2v) is 4.62. The molecule has 0 spiro atoms. The molecule has 1 saturated heterocycles. The lowest BCUT2D eigenvalue weighted by Gasteiger charge is -2.32. The van der Waals surface area contributed by atoms with Crippen molar-refractivity contribution in [2.24, 2.45) is 5.11 Å². The normalized spacial score (nSPS) is 40.4. The van der Waals surface area contributed by atoms with Crippen LogP contribution in [0.4, 0.5) is 4.79 Å². The third-order valence-corrected chi connectivity index (χ3v) is 3.24. The number of azide groups is 1. The molecule has 20 heavy (non-hydrogen) atoms. The highest BCUT2D eigenvalue weighted by Crippen LogP contribution is 2.34. The summed E-state index contributed by atoms with van der Waals surface area (Å²) in [5.74, 6) is 0. The van der Waals surface area contributed by atoms with E-state index in [0.717, 1.165) is 4.90 Å². The molecule has 0 saturated carbocycles. The Labute approximate surface area is 113 Å². The maximum atomic E-state index is 11.8. The quantitative estimate of drug-likeness (QED) is 0.297. The van der Waals surface area contributed by atoms with Crippen molar-refractivity contribution in [1.29, 1.82) is 0 Å². The molecule has 110 valence electrons. The fraction of sp³-hybridized carbons (Fsp3) is 0.700. The Bertz CT molecular complexity index is 479. The van der Waals surface area contributed by atoms with Crippen LogP contribution in [-0.2, 0) is 4.74 Å². The first-order chi connectivity index (χ1) is 9.45. The number of aliphatic hydroxyl groups is 3. The van der Waals surface area contributed by atoms with Gasteiger partial charge >= 0.3 is 6.03 Å². The summed E-state index contributed by atoms with van der Waals surface area (Å²) in [5.41, 5.74) is 6.46. The molecular formula is C10H15N5O5. The Kier molecular flexibility index (Phi) is 3.84. The van der Waals surface area contributed by atoms with E-state index in [2.05, 4.69) is 15.3 Å². The van der Waals surface area contributed by atoms with Crippen molar-refractivity contribution in [1.82, 2.24) is 10.2 Å². The highest BCUT2D eigenvalue weighted by atomic mass is 16.6. The SMILES string of the molecule is CC1C=CN([C@@H]2O[C@@](CO)(N=[N+]=[N-])[C@H](O)[C@H]2O)C(=O)N1. The van der Waals surface area contributed by atoms with Crippen LogP contribution in [0.1, 0.15) is 6.92 Å². The van der Waals surface area contributed by atoms with Crippen molar-refractivity contribution in [3.8, 4) is 0 Å². The minimum atomic E-state index is -2.02. The van der Waals surface area contributed by atoms with E-state index in [0.29, 0.717) is 0 Å². The molecule has 5 atom stereocenters. The van der Waals surface area contributed by atoms with E-state index in [1.54, 1.807) is 13.0 Å². The lowest BCUT2D eigenvalue weighted by Crippen LogP contribution is -2.52. The lowest BCUT2D eigenvalue weighted by molar-refractivity contribution is -0.128. The number of carbonyl (C=O) groups is 1. The number of ether oxygens (including phenoxy) is 1. The monoisotopic (exact) mass is 285 g/mol. The molecule has 2 heterocycles. The Morgan fingerprint density at radius 3 is 2.90 bits per heavy atom. The minimum absolute atomic E-state index is 0.179. The van der Waals surface area contributed by atoms with E-state index in [1.165, 1.54) is 6.20 Å². The first-order valence-corrected chi connectivity index (χ1v) is 5.93. The summed E-state index contributed by atoms with van der Waals surface area (Å²) < 4.78 is 5.25.